The first-order valence-corrected chi connectivity index (χ1v) is 49.3. The first kappa shape index (κ1) is 106. The fourth-order valence-electron chi connectivity index (χ4n) is 18.2. The van der Waals surface area contributed by atoms with Crippen molar-refractivity contribution in [1.82, 2.24) is 0 Å². The lowest BCUT2D eigenvalue weighted by atomic mass is 9.85. The Morgan fingerprint density at radius 2 is 0.670 bits per heavy atom. The van der Waals surface area contributed by atoms with Crippen LogP contribution < -0.4 is 0 Å². The van der Waals surface area contributed by atoms with Crippen LogP contribution in [0.2, 0.25) is 0 Å². The number of hydrogen-bond donors (Lipinski definition) is 7. The minimum atomic E-state index is -4.47. The smallest absolute Gasteiger partial charge is 0.394 e. The number of phosphoric acid groups is 1. The van der Waals surface area contributed by atoms with Crippen molar-refractivity contribution in [2.75, 3.05) is 72.7 Å². The van der Waals surface area contributed by atoms with Crippen LogP contribution in [0.15, 0.2) is 0 Å². The summed E-state index contributed by atoms with van der Waals surface area (Å²) in [4.78, 5) is 10.3. The van der Waals surface area contributed by atoms with Crippen LogP contribution in [-0.2, 0) is 42.0 Å². The summed E-state index contributed by atoms with van der Waals surface area (Å²) in [6, 6.07) is 0. The lowest BCUT2D eigenvalue weighted by molar-refractivity contribution is -0.306. The van der Waals surface area contributed by atoms with E-state index in [1.807, 2.05) is 0 Å². The number of fused-ring (bicyclic) bond motifs is 2. The summed E-state index contributed by atoms with van der Waals surface area (Å²) >= 11 is 0. The van der Waals surface area contributed by atoms with Crippen LogP contribution in [0.5, 0.6) is 0 Å². The van der Waals surface area contributed by atoms with Crippen molar-refractivity contribution < 1.29 is 77.6 Å². The fourth-order valence-corrected chi connectivity index (χ4v) is 19.0. The summed E-state index contributed by atoms with van der Waals surface area (Å²) in [6.07, 6.45) is 47.5. The van der Waals surface area contributed by atoms with Gasteiger partial charge in [-0.2, -0.15) is 0 Å². The molecule has 2 heterocycles. The zero-order chi connectivity index (χ0) is 82.5. The van der Waals surface area contributed by atoms with Crippen LogP contribution >= 0.6 is 7.82 Å². The van der Waals surface area contributed by atoms with Gasteiger partial charge in [-0.15, -0.1) is 0 Å². The molecule has 3 fully saturated rings. The molecule has 17 heteroatoms. The molecule has 668 valence electrons. The van der Waals surface area contributed by atoms with E-state index in [0.29, 0.717) is 56.7 Å². The van der Waals surface area contributed by atoms with Gasteiger partial charge in [0.05, 0.1) is 46.2 Å². The van der Waals surface area contributed by atoms with E-state index in [2.05, 4.69) is 104 Å². The third kappa shape index (κ3) is 53.4. The zero-order valence-corrected chi connectivity index (χ0v) is 76.5. The highest BCUT2D eigenvalue weighted by Crippen LogP contribution is 2.44. The van der Waals surface area contributed by atoms with Gasteiger partial charge in [-0.05, 0) is 139 Å². The van der Waals surface area contributed by atoms with Gasteiger partial charge < -0.3 is 64.0 Å². The van der Waals surface area contributed by atoms with E-state index in [4.69, 9.17) is 37.5 Å². The molecule has 2 saturated heterocycles. The minimum Gasteiger partial charge on any atom is -0.394 e. The maximum Gasteiger partial charge on any atom is 0.472 e. The van der Waals surface area contributed by atoms with Crippen molar-refractivity contribution in [2.45, 2.75) is 435 Å². The molecule has 3 rings (SSSR count). The van der Waals surface area contributed by atoms with Gasteiger partial charge in [-0.3, -0.25) is 9.05 Å². The molecule has 0 spiro atoms. The van der Waals surface area contributed by atoms with Crippen molar-refractivity contribution in [3.05, 3.63) is 0 Å². The topological polar surface area (TPSA) is 233 Å². The largest absolute Gasteiger partial charge is 0.472 e. The summed E-state index contributed by atoms with van der Waals surface area (Å²) in [5.74, 6) is 12.5. The Balaban J connectivity index is 1.48. The van der Waals surface area contributed by atoms with Crippen molar-refractivity contribution in [1.29, 1.82) is 0 Å². The van der Waals surface area contributed by atoms with Crippen molar-refractivity contribution >= 4 is 7.82 Å². The monoisotopic (exact) mass is 1620 g/mol. The van der Waals surface area contributed by atoms with Gasteiger partial charge in [0.1, 0.15) is 42.7 Å². The summed E-state index contributed by atoms with van der Waals surface area (Å²) in [5.41, 5.74) is 0. The number of ether oxygens (including phenoxy) is 6. The average molecular weight is 1620 g/mol. The molecule has 3 aliphatic rings. The molecule has 112 heavy (non-hydrogen) atoms. The minimum absolute atomic E-state index is 0.0941. The van der Waals surface area contributed by atoms with E-state index < -0.39 is 76.7 Å². The second kappa shape index (κ2) is 64.5. The van der Waals surface area contributed by atoms with E-state index in [-0.39, 0.29) is 19.8 Å². The average Bonchev–Trinajstić information content (AvgIpc) is 0.894. The first-order valence-electron chi connectivity index (χ1n) is 47.8. The standard InChI is InChI=1S/C95H187O16P/c1-71-27-16-30-74(4)36-22-42-81(11)55-60-105-68-90(70-110-112(102,103)109-66-88(98)64-96)107-62-58-84(14)44-24-38-76(6)32-18-29-73(3)35-21-41-79(9)51-52-80(10)45-25-47-85(15)87-54-53-86(63-87)48-26-46-82(12)56-59-104-67-89(69-108-95-94(101)93(100)92(99)91(65-97)111-95)106-61-57-83(13)43-23-37-75(5)31-17-28-72(2)34-20-40-78(8)50-49-77(7)39-19-33-71/h71-101H,16-70H2,1-15H3,(H,102,103)/t71?,72?,73?,74?,75?,76?,77?,78?,79?,80?,81?,82?,83?,84?,85?,86?,87?,88?,89?,90?,91-,92-,93+,94-,95-/m1/s1. The highest BCUT2D eigenvalue weighted by Gasteiger charge is 2.44. The summed E-state index contributed by atoms with van der Waals surface area (Å²) < 4.78 is 59.8. The molecule has 0 aromatic heterocycles. The molecule has 2 aliphatic heterocycles. The van der Waals surface area contributed by atoms with E-state index >= 15 is 0 Å². The summed E-state index contributed by atoms with van der Waals surface area (Å²) in [5, 5.41) is 60.2. The molecule has 26 atom stereocenters. The summed E-state index contributed by atoms with van der Waals surface area (Å²) in [7, 11) is -4.47. The second-order valence-corrected chi connectivity index (χ2v) is 41.0. The van der Waals surface area contributed by atoms with Gasteiger partial charge in [0.25, 0.3) is 0 Å². The van der Waals surface area contributed by atoms with Gasteiger partial charge in [0, 0.05) is 26.4 Å². The summed E-state index contributed by atoms with van der Waals surface area (Å²) in [6.45, 7) is 37.8. The molecule has 2 bridgehead atoms. The molecular weight excluding hydrogens is 1430 g/mol. The van der Waals surface area contributed by atoms with Gasteiger partial charge in [0.2, 0.25) is 0 Å². The maximum absolute atomic E-state index is 12.7. The molecule has 0 aromatic rings. The third-order valence-corrected chi connectivity index (χ3v) is 28.3. The Hall–Kier alpha value is -0.370. The van der Waals surface area contributed by atoms with Gasteiger partial charge in [-0.1, -0.05) is 348 Å². The second-order valence-electron chi connectivity index (χ2n) is 39.5. The zero-order valence-electron chi connectivity index (χ0n) is 75.6. The molecular formula is C95H187O16P. The third-order valence-electron chi connectivity index (χ3n) is 27.3. The lowest BCUT2D eigenvalue weighted by Crippen LogP contribution is -2.59. The Morgan fingerprint density at radius 3 is 1.02 bits per heavy atom. The predicted molar refractivity (Wildman–Crippen MR) is 463 cm³/mol. The Kier molecular flexibility index (Phi) is 60.9. The molecule has 1 saturated carbocycles. The Bertz CT molecular complexity index is 2200. The van der Waals surface area contributed by atoms with Crippen molar-refractivity contribution in [3.63, 3.8) is 0 Å². The molecule has 0 aromatic carbocycles. The molecule has 1 aliphatic carbocycles. The van der Waals surface area contributed by atoms with Gasteiger partial charge >= 0.3 is 7.82 Å². The van der Waals surface area contributed by atoms with Crippen LogP contribution in [0.3, 0.4) is 0 Å². The SMILES string of the molecule is CC1CCCC(C)CCCC(C)CCC(C)CCCC(C)CCCC(C)CCCC(C)CCOC(CO[C@@H]2O[C@H](CO)[C@@H](O)[C@H](O)[C@H]2O)COCCC(C)CCCC2CCC(C2)C(C)CCCC(C)CCC(C)CCCC(C)CCCC(C)CCCC(C)CCOC(COP(=O)(O)OCC(O)CO)COCCC(C)CCC1. The maximum atomic E-state index is 12.7. The van der Waals surface area contributed by atoms with Crippen LogP contribution in [0.1, 0.15) is 386 Å². The Labute approximate surface area is 690 Å². The lowest BCUT2D eigenvalue weighted by Gasteiger charge is -2.40. The number of phosphoric ester groups is 1. The molecule has 0 radical (unpaired) electrons. The normalized spacial score (nSPS) is 37.7. The number of rotatable bonds is 11. The highest BCUT2D eigenvalue weighted by molar-refractivity contribution is 7.47. The van der Waals surface area contributed by atoms with Crippen LogP contribution in [0.4, 0.5) is 0 Å². The van der Waals surface area contributed by atoms with E-state index in [9.17, 15) is 40.1 Å². The molecule has 21 unspecified atom stereocenters. The number of aliphatic hydroxyl groups is 6. The quantitative estimate of drug-likeness (QED) is 0.0953. The van der Waals surface area contributed by atoms with E-state index in [0.717, 1.165) is 109 Å². The number of hydrogen-bond acceptors (Lipinski definition) is 15. The number of aliphatic hydroxyl groups excluding tert-OH is 6. The molecule has 16 nitrogen and oxygen atoms in total. The van der Waals surface area contributed by atoms with Crippen LogP contribution in [-0.4, -0.2) is 157 Å². The van der Waals surface area contributed by atoms with Gasteiger partial charge in [-0.25, -0.2) is 4.57 Å². The molecule has 0 amide bonds. The van der Waals surface area contributed by atoms with Crippen LogP contribution in [0, 0.1) is 101 Å². The van der Waals surface area contributed by atoms with E-state index in [1.54, 1.807) is 0 Å². The predicted octanol–water partition coefficient (Wildman–Crippen LogP) is 23.1. The van der Waals surface area contributed by atoms with Crippen molar-refractivity contribution in [2.24, 2.45) is 101 Å². The highest BCUT2D eigenvalue weighted by atomic mass is 31.2. The Morgan fingerprint density at radius 1 is 0.357 bits per heavy atom. The molecule has 7 N–H and O–H groups in total. The van der Waals surface area contributed by atoms with E-state index in [1.165, 1.54) is 250 Å². The van der Waals surface area contributed by atoms with Gasteiger partial charge in [0.15, 0.2) is 6.29 Å². The first-order chi connectivity index (χ1) is 53.5. The van der Waals surface area contributed by atoms with Crippen molar-refractivity contribution in [3.8, 4) is 0 Å². The van der Waals surface area contributed by atoms with Crippen LogP contribution in [0.25, 0.3) is 0 Å². The fraction of sp³-hybridized carbons (Fsp3) is 1.00.